The van der Waals surface area contributed by atoms with Crippen molar-refractivity contribution in [1.82, 2.24) is 0 Å². The molecule has 14 heavy (non-hydrogen) atoms. The highest BCUT2D eigenvalue weighted by atomic mass is 16.5. The van der Waals surface area contributed by atoms with Crippen LogP contribution in [0.4, 0.5) is 0 Å². The number of methoxy groups -OCH3 is 1. The molecule has 2 rings (SSSR count). The summed E-state index contributed by atoms with van der Waals surface area (Å²) in [6.45, 7) is 0. The van der Waals surface area contributed by atoms with Gasteiger partial charge in [0.2, 0.25) is 0 Å². The second-order valence-electron chi connectivity index (χ2n) is 3.36. The Bertz CT molecular complexity index is 351. The lowest BCUT2D eigenvalue weighted by Crippen LogP contribution is -1.97. The van der Waals surface area contributed by atoms with Crippen LogP contribution in [-0.2, 0) is 0 Å². The summed E-state index contributed by atoms with van der Waals surface area (Å²) in [5.74, 6) is 1.34. The highest BCUT2D eigenvalue weighted by Gasteiger charge is 2.10. The second kappa shape index (κ2) is 4.14. The van der Waals surface area contributed by atoms with E-state index in [1.54, 1.807) is 7.11 Å². The van der Waals surface area contributed by atoms with Crippen molar-refractivity contribution in [2.75, 3.05) is 7.11 Å². The van der Waals surface area contributed by atoms with E-state index in [1.807, 2.05) is 18.2 Å². The molecule has 1 aliphatic rings. The molecule has 0 radical (unpaired) electrons. The Morgan fingerprint density at radius 3 is 2.57 bits per heavy atom. The van der Waals surface area contributed by atoms with E-state index in [1.165, 1.54) is 5.56 Å². The smallest absolute Gasteiger partial charge is 0.122 e. The van der Waals surface area contributed by atoms with Gasteiger partial charge in [0.1, 0.15) is 5.75 Å². The minimum atomic E-state index is 0.375. The summed E-state index contributed by atoms with van der Waals surface area (Å²) in [4.78, 5) is 0. The van der Waals surface area contributed by atoms with Gasteiger partial charge in [-0.15, -0.1) is 0 Å². The van der Waals surface area contributed by atoms with Crippen LogP contribution >= 0.6 is 0 Å². The average molecular weight is 186 g/mol. The van der Waals surface area contributed by atoms with Crippen molar-refractivity contribution in [3.63, 3.8) is 0 Å². The maximum absolute atomic E-state index is 5.33. The lowest BCUT2D eigenvalue weighted by atomic mass is 9.94. The third-order valence-electron chi connectivity index (χ3n) is 2.46. The summed E-state index contributed by atoms with van der Waals surface area (Å²) in [6, 6.07) is 8.17. The molecule has 1 aromatic rings. The van der Waals surface area contributed by atoms with E-state index in [-0.39, 0.29) is 0 Å². The van der Waals surface area contributed by atoms with Crippen molar-refractivity contribution in [1.29, 1.82) is 0 Å². The molecule has 1 heteroatoms. The predicted molar refractivity (Wildman–Crippen MR) is 58.6 cm³/mol. The quantitative estimate of drug-likeness (QED) is 0.644. The zero-order valence-corrected chi connectivity index (χ0v) is 8.31. The van der Waals surface area contributed by atoms with Crippen LogP contribution in [0.15, 0.2) is 48.6 Å². The monoisotopic (exact) mass is 186 g/mol. The van der Waals surface area contributed by atoms with E-state index in [2.05, 4.69) is 30.4 Å². The summed E-state index contributed by atoms with van der Waals surface area (Å²) in [5.41, 5.74) is 1.24. The number of allylic oxidation sites excluding steroid dienone is 4. The Hall–Kier alpha value is -1.50. The minimum Gasteiger partial charge on any atom is -0.496 e. The molecule has 0 amide bonds. The van der Waals surface area contributed by atoms with E-state index in [4.69, 9.17) is 4.74 Å². The van der Waals surface area contributed by atoms with Gasteiger partial charge in [0.25, 0.3) is 0 Å². The van der Waals surface area contributed by atoms with Crippen molar-refractivity contribution in [2.24, 2.45) is 0 Å². The van der Waals surface area contributed by atoms with Gasteiger partial charge in [-0.25, -0.2) is 0 Å². The molecule has 0 aromatic heterocycles. The molecule has 1 nitrogen and oxygen atoms in total. The molecule has 0 unspecified atom stereocenters. The highest BCUT2D eigenvalue weighted by molar-refractivity contribution is 5.41. The van der Waals surface area contributed by atoms with Gasteiger partial charge < -0.3 is 4.74 Å². The van der Waals surface area contributed by atoms with Crippen LogP contribution in [-0.4, -0.2) is 7.11 Å². The fourth-order valence-electron chi connectivity index (χ4n) is 1.74. The molecule has 1 aromatic carbocycles. The van der Waals surface area contributed by atoms with Gasteiger partial charge in [-0.2, -0.15) is 0 Å². The molecule has 0 heterocycles. The van der Waals surface area contributed by atoms with Gasteiger partial charge in [-0.1, -0.05) is 42.5 Å². The van der Waals surface area contributed by atoms with Crippen LogP contribution in [0.25, 0.3) is 0 Å². The molecular formula is C13H14O. The largest absolute Gasteiger partial charge is 0.496 e. The number of hydrogen-bond donors (Lipinski definition) is 0. The van der Waals surface area contributed by atoms with E-state index < -0.39 is 0 Å². The first-order valence-electron chi connectivity index (χ1n) is 4.88. The maximum Gasteiger partial charge on any atom is 0.122 e. The molecule has 0 saturated carbocycles. The standard InChI is InChI=1S/C13H14O/c1-14-13-10-6-5-9-12(13)11-7-3-2-4-8-11/h3-11H,2H2,1H3. The minimum absolute atomic E-state index is 0.375. The van der Waals surface area contributed by atoms with Crippen LogP contribution in [0.1, 0.15) is 17.9 Å². The number of rotatable bonds is 2. The van der Waals surface area contributed by atoms with Crippen LogP contribution in [0.3, 0.4) is 0 Å². The number of benzene rings is 1. The van der Waals surface area contributed by atoms with Crippen molar-refractivity contribution < 1.29 is 4.74 Å². The Morgan fingerprint density at radius 1 is 1.14 bits per heavy atom. The van der Waals surface area contributed by atoms with Crippen LogP contribution in [0.2, 0.25) is 0 Å². The SMILES string of the molecule is COc1ccccc1C1C=CCC=C1. The second-order valence-corrected chi connectivity index (χ2v) is 3.36. The van der Waals surface area contributed by atoms with Crippen molar-refractivity contribution in [2.45, 2.75) is 12.3 Å². The molecule has 72 valence electrons. The van der Waals surface area contributed by atoms with Gasteiger partial charge in [0.05, 0.1) is 7.11 Å². The molecule has 0 bridgehead atoms. The first-order chi connectivity index (χ1) is 6.92. The third kappa shape index (κ3) is 1.72. The predicted octanol–water partition coefficient (Wildman–Crippen LogP) is 3.29. The Kier molecular flexibility index (Phi) is 2.68. The van der Waals surface area contributed by atoms with Crippen LogP contribution < -0.4 is 4.74 Å². The first-order valence-corrected chi connectivity index (χ1v) is 4.88. The van der Waals surface area contributed by atoms with Crippen molar-refractivity contribution in [3.8, 4) is 5.75 Å². The molecule has 1 aliphatic carbocycles. The third-order valence-corrected chi connectivity index (χ3v) is 2.46. The van der Waals surface area contributed by atoms with Crippen molar-refractivity contribution >= 4 is 0 Å². The fourth-order valence-corrected chi connectivity index (χ4v) is 1.74. The molecule has 0 saturated heterocycles. The van der Waals surface area contributed by atoms with Gasteiger partial charge in [0, 0.05) is 11.5 Å². The van der Waals surface area contributed by atoms with Crippen LogP contribution in [0.5, 0.6) is 5.75 Å². The Labute approximate surface area is 84.7 Å². The van der Waals surface area contributed by atoms with Gasteiger partial charge >= 0.3 is 0 Å². The summed E-state index contributed by atoms with van der Waals surface area (Å²) in [6.07, 6.45) is 9.87. The Morgan fingerprint density at radius 2 is 1.86 bits per heavy atom. The molecular weight excluding hydrogens is 172 g/mol. The zero-order valence-electron chi connectivity index (χ0n) is 8.31. The van der Waals surface area contributed by atoms with Crippen LogP contribution in [0, 0.1) is 0 Å². The summed E-state index contributed by atoms with van der Waals surface area (Å²) >= 11 is 0. The summed E-state index contributed by atoms with van der Waals surface area (Å²) < 4.78 is 5.33. The molecule has 0 N–H and O–H groups in total. The van der Waals surface area contributed by atoms with Gasteiger partial charge in [-0.3, -0.25) is 0 Å². The van der Waals surface area contributed by atoms with Crippen molar-refractivity contribution in [3.05, 3.63) is 54.1 Å². The van der Waals surface area contributed by atoms with Gasteiger partial charge in [-0.05, 0) is 12.5 Å². The maximum atomic E-state index is 5.33. The Balaban J connectivity index is 2.34. The van der Waals surface area contributed by atoms with E-state index >= 15 is 0 Å². The zero-order chi connectivity index (χ0) is 9.80. The first kappa shape index (κ1) is 9.07. The summed E-state index contributed by atoms with van der Waals surface area (Å²) in [5, 5.41) is 0. The summed E-state index contributed by atoms with van der Waals surface area (Å²) in [7, 11) is 1.72. The van der Waals surface area contributed by atoms with Gasteiger partial charge in [0.15, 0.2) is 0 Å². The van der Waals surface area contributed by atoms with E-state index in [0.29, 0.717) is 5.92 Å². The fraction of sp³-hybridized carbons (Fsp3) is 0.231. The number of ether oxygens (including phenoxy) is 1. The number of para-hydroxylation sites is 1. The lowest BCUT2D eigenvalue weighted by molar-refractivity contribution is 0.409. The van der Waals surface area contributed by atoms with E-state index in [0.717, 1.165) is 12.2 Å². The molecule has 0 fully saturated rings. The molecule has 0 spiro atoms. The average Bonchev–Trinajstić information content (AvgIpc) is 2.30. The molecule has 0 atom stereocenters. The van der Waals surface area contributed by atoms with E-state index in [9.17, 15) is 0 Å². The normalized spacial score (nSPS) is 15.8. The lowest BCUT2D eigenvalue weighted by Gasteiger charge is -2.14. The molecule has 0 aliphatic heterocycles. The highest BCUT2D eigenvalue weighted by Crippen LogP contribution is 2.30. The number of hydrogen-bond acceptors (Lipinski definition) is 1. The topological polar surface area (TPSA) is 9.23 Å².